The standard InChI is InChI=1S/C15H22O2/c1-6-10-7-11-13(16)9(2)17-14(11)12(8-10)15(3,4)5/h7-9,13,16H,6H2,1-5H3. The van der Waals surface area contributed by atoms with Gasteiger partial charge in [0.05, 0.1) is 0 Å². The molecule has 0 amide bonds. The fourth-order valence-corrected chi connectivity index (χ4v) is 2.33. The van der Waals surface area contributed by atoms with Crippen LogP contribution in [0.5, 0.6) is 5.75 Å². The lowest BCUT2D eigenvalue weighted by atomic mass is 9.83. The molecule has 0 aromatic heterocycles. The maximum absolute atomic E-state index is 10.1. The van der Waals surface area contributed by atoms with Crippen molar-refractivity contribution in [3.05, 3.63) is 28.8 Å². The number of aliphatic hydroxyl groups is 1. The molecule has 0 bridgehead atoms. The number of aliphatic hydroxyl groups excluding tert-OH is 1. The SMILES string of the molecule is CCc1cc2c(c(C(C)(C)C)c1)OC(C)C2O. The summed E-state index contributed by atoms with van der Waals surface area (Å²) in [4.78, 5) is 0. The van der Waals surface area contributed by atoms with Gasteiger partial charge in [0.1, 0.15) is 18.0 Å². The molecule has 2 atom stereocenters. The van der Waals surface area contributed by atoms with Crippen LogP contribution in [-0.2, 0) is 11.8 Å². The van der Waals surface area contributed by atoms with Gasteiger partial charge in [-0.3, -0.25) is 0 Å². The normalized spacial score (nSPS) is 23.4. The molecule has 0 fully saturated rings. The third kappa shape index (κ3) is 2.06. The van der Waals surface area contributed by atoms with Gasteiger partial charge < -0.3 is 9.84 Å². The van der Waals surface area contributed by atoms with E-state index in [-0.39, 0.29) is 11.5 Å². The lowest BCUT2D eigenvalue weighted by Crippen LogP contribution is -2.15. The van der Waals surface area contributed by atoms with E-state index < -0.39 is 6.10 Å². The first-order valence-corrected chi connectivity index (χ1v) is 6.36. The van der Waals surface area contributed by atoms with Crippen molar-refractivity contribution in [2.45, 2.75) is 58.7 Å². The topological polar surface area (TPSA) is 29.5 Å². The monoisotopic (exact) mass is 234 g/mol. The molecule has 1 aromatic rings. The van der Waals surface area contributed by atoms with Crippen LogP contribution in [0.2, 0.25) is 0 Å². The number of hydrogen-bond acceptors (Lipinski definition) is 2. The Kier molecular flexibility index (Phi) is 2.94. The molecule has 94 valence electrons. The van der Waals surface area contributed by atoms with Crippen LogP contribution in [0.1, 0.15) is 57.4 Å². The van der Waals surface area contributed by atoms with Crippen LogP contribution >= 0.6 is 0 Å². The smallest absolute Gasteiger partial charge is 0.129 e. The average molecular weight is 234 g/mol. The largest absolute Gasteiger partial charge is 0.487 e. The molecule has 17 heavy (non-hydrogen) atoms. The van der Waals surface area contributed by atoms with Gasteiger partial charge in [0.15, 0.2) is 0 Å². The van der Waals surface area contributed by atoms with Crippen molar-refractivity contribution >= 4 is 0 Å². The summed E-state index contributed by atoms with van der Waals surface area (Å²) in [6, 6.07) is 4.29. The zero-order valence-electron chi connectivity index (χ0n) is 11.4. The molecule has 1 aromatic carbocycles. The number of fused-ring (bicyclic) bond motifs is 1. The van der Waals surface area contributed by atoms with Crippen molar-refractivity contribution < 1.29 is 9.84 Å². The molecule has 1 aliphatic heterocycles. The molecule has 0 saturated heterocycles. The Labute approximate surface area is 104 Å². The van der Waals surface area contributed by atoms with Crippen molar-refractivity contribution in [1.82, 2.24) is 0 Å². The zero-order chi connectivity index (χ0) is 12.8. The predicted molar refractivity (Wildman–Crippen MR) is 69.6 cm³/mol. The van der Waals surface area contributed by atoms with E-state index in [2.05, 4.69) is 39.8 Å². The molecule has 2 heteroatoms. The predicted octanol–water partition coefficient (Wildman–Crippen LogP) is 3.36. The molecule has 1 heterocycles. The van der Waals surface area contributed by atoms with Gasteiger partial charge >= 0.3 is 0 Å². The molecule has 2 nitrogen and oxygen atoms in total. The summed E-state index contributed by atoms with van der Waals surface area (Å²) in [5.41, 5.74) is 3.47. The minimum absolute atomic E-state index is 0.0407. The van der Waals surface area contributed by atoms with Crippen molar-refractivity contribution in [1.29, 1.82) is 0 Å². The van der Waals surface area contributed by atoms with Crippen molar-refractivity contribution in [2.75, 3.05) is 0 Å². The summed E-state index contributed by atoms with van der Waals surface area (Å²) >= 11 is 0. The molecule has 2 rings (SSSR count). The second-order valence-electron chi connectivity index (χ2n) is 5.93. The lowest BCUT2D eigenvalue weighted by molar-refractivity contribution is 0.0789. The Morgan fingerprint density at radius 3 is 2.47 bits per heavy atom. The van der Waals surface area contributed by atoms with E-state index in [1.165, 1.54) is 11.1 Å². The highest BCUT2D eigenvalue weighted by molar-refractivity contribution is 5.51. The summed E-state index contributed by atoms with van der Waals surface area (Å²) in [5.74, 6) is 0.898. The Balaban J connectivity index is 2.62. The van der Waals surface area contributed by atoms with Crippen LogP contribution in [0.4, 0.5) is 0 Å². The summed E-state index contributed by atoms with van der Waals surface area (Å²) in [7, 11) is 0. The van der Waals surface area contributed by atoms with Crippen LogP contribution in [0.3, 0.4) is 0 Å². The first-order valence-electron chi connectivity index (χ1n) is 6.36. The molecule has 0 spiro atoms. The van der Waals surface area contributed by atoms with Crippen molar-refractivity contribution in [3.63, 3.8) is 0 Å². The molecule has 0 radical (unpaired) electrons. The molecule has 1 N–H and O–H groups in total. The number of benzene rings is 1. The van der Waals surface area contributed by atoms with Gasteiger partial charge in [-0.2, -0.15) is 0 Å². The van der Waals surface area contributed by atoms with E-state index in [0.29, 0.717) is 0 Å². The Hall–Kier alpha value is -1.02. The quantitative estimate of drug-likeness (QED) is 0.807. The van der Waals surface area contributed by atoms with Crippen LogP contribution in [-0.4, -0.2) is 11.2 Å². The third-order valence-corrected chi connectivity index (χ3v) is 3.46. The van der Waals surface area contributed by atoms with E-state index in [0.717, 1.165) is 17.7 Å². The van der Waals surface area contributed by atoms with Gasteiger partial charge in [0, 0.05) is 11.1 Å². The Morgan fingerprint density at radius 2 is 1.94 bits per heavy atom. The average Bonchev–Trinajstić information content (AvgIpc) is 2.53. The van der Waals surface area contributed by atoms with Gasteiger partial charge in [-0.1, -0.05) is 33.8 Å². The molecule has 1 aliphatic rings. The van der Waals surface area contributed by atoms with Crippen molar-refractivity contribution in [3.8, 4) is 5.75 Å². The highest BCUT2D eigenvalue weighted by atomic mass is 16.5. The summed E-state index contributed by atoms with van der Waals surface area (Å²) in [5, 5.41) is 10.1. The summed E-state index contributed by atoms with van der Waals surface area (Å²) in [6.07, 6.45) is 0.355. The van der Waals surface area contributed by atoms with Crippen LogP contribution in [0.15, 0.2) is 12.1 Å². The highest BCUT2D eigenvalue weighted by Gasteiger charge is 2.34. The van der Waals surface area contributed by atoms with Gasteiger partial charge in [-0.25, -0.2) is 0 Å². The maximum atomic E-state index is 10.1. The number of hydrogen-bond donors (Lipinski definition) is 1. The zero-order valence-corrected chi connectivity index (χ0v) is 11.4. The van der Waals surface area contributed by atoms with Gasteiger partial charge in [0.25, 0.3) is 0 Å². The van der Waals surface area contributed by atoms with Gasteiger partial charge in [0.2, 0.25) is 0 Å². The van der Waals surface area contributed by atoms with E-state index >= 15 is 0 Å². The van der Waals surface area contributed by atoms with Gasteiger partial charge in [-0.05, 0) is 30.4 Å². The number of aryl methyl sites for hydroxylation is 1. The Morgan fingerprint density at radius 1 is 1.29 bits per heavy atom. The second-order valence-corrected chi connectivity index (χ2v) is 5.93. The third-order valence-electron chi connectivity index (χ3n) is 3.46. The fraction of sp³-hybridized carbons (Fsp3) is 0.600. The first-order chi connectivity index (χ1) is 7.84. The van der Waals surface area contributed by atoms with E-state index in [9.17, 15) is 5.11 Å². The van der Waals surface area contributed by atoms with E-state index in [4.69, 9.17) is 4.74 Å². The minimum Gasteiger partial charge on any atom is -0.487 e. The molecule has 2 unspecified atom stereocenters. The first kappa shape index (κ1) is 12.4. The summed E-state index contributed by atoms with van der Waals surface area (Å²) in [6.45, 7) is 10.6. The Bertz CT molecular complexity index is 429. The molecular weight excluding hydrogens is 212 g/mol. The molecule has 0 saturated carbocycles. The highest BCUT2D eigenvalue weighted by Crippen LogP contribution is 2.44. The summed E-state index contributed by atoms with van der Waals surface area (Å²) < 4.78 is 5.83. The molecular formula is C15H22O2. The number of ether oxygens (including phenoxy) is 1. The van der Waals surface area contributed by atoms with E-state index in [1.54, 1.807) is 0 Å². The maximum Gasteiger partial charge on any atom is 0.129 e. The minimum atomic E-state index is -0.488. The second kappa shape index (κ2) is 4.02. The van der Waals surface area contributed by atoms with Crippen LogP contribution < -0.4 is 4.74 Å². The van der Waals surface area contributed by atoms with Crippen LogP contribution in [0.25, 0.3) is 0 Å². The van der Waals surface area contributed by atoms with Gasteiger partial charge in [-0.15, -0.1) is 0 Å². The number of rotatable bonds is 1. The lowest BCUT2D eigenvalue weighted by Gasteiger charge is -2.23. The van der Waals surface area contributed by atoms with Crippen LogP contribution in [0, 0.1) is 0 Å². The van der Waals surface area contributed by atoms with Crippen molar-refractivity contribution in [2.24, 2.45) is 0 Å². The fourth-order valence-electron chi connectivity index (χ4n) is 2.33. The van der Waals surface area contributed by atoms with E-state index in [1.807, 2.05) is 6.92 Å². The molecule has 0 aliphatic carbocycles.